The average molecular weight is 183 g/mol. The predicted molar refractivity (Wildman–Crippen MR) is 42.9 cm³/mol. The molecule has 1 fully saturated rings. The molecule has 0 aliphatic heterocycles. The van der Waals surface area contributed by atoms with Crippen LogP contribution >= 0.6 is 0 Å². The maximum absolute atomic E-state index is 11.1. The molecule has 1 aliphatic carbocycles. The van der Waals surface area contributed by atoms with Crippen LogP contribution in [0.3, 0.4) is 0 Å². The molecule has 1 aromatic heterocycles. The Morgan fingerprint density at radius 3 is 2.69 bits per heavy atom. The van der Waals surface area contributed by atoms with Gasteiger partial charge in [0.2, 0.25) is 0 Å². The zero-order valence-corrected chi connectivity index (χ0v) is 6.87. The molecule has 5 heteroatoms. The zero-order chi connectivity index (χ0) is 9.42. The highest BCUT2D eigenvalue weighted by molar-refractivity contribution is 5.87. The summed E-state index contributed by atoms with van der Waals surface area (Å²) in [4.78, 5) is 21.8. The van der Waals surface area contributed by atoms with Gasteiger partial charge in [-0.25, -0.2) is 14.7 Å². The summed E-state index contributed by atoms with van der Waals surface area (Å²) in [6.45, 7) is 0. The van der Waals surface area contributed by atoms with E-state index >= 15 is 0 Å². The molecule has 1 heterocycles. The van der Waals surface area contributed by atoms with Gasteiger partial charge >= 0.3 is 11.6 Å². The molecule has 0 radical (unpaired) electrons. The van der Waals surface area contributed by atoms with E-state index in [1.54, 1.807) is 0 Å². The van der Waals surface area contributed by atoms with Crippen molar-refractivity contribution in [2.75, 3.05) is 0 Å². The number of carboxylic acids is 1. The van der Waals surface area contributed by atoms with Crippen molar-refractivity contribution in [1.82, 2.24) is 5.16 Å². The lowest BCUT2D eigenvalue weighted by Gasteiger charge is -2.23. The molecule has 5 nitrogen and oxygen atoms in total. The second-order valence-electron chi connectivity index (χ2n) is 3.21. The number of hydrogen-bond acceptors (Lipinski definition) is 3. The maximum Gasteiger partial charge on any atom is 0.361 e. The topological polar surface area (TPSA) is 83.3 Å². The van der Waals surface area contributed by atoms with Crippen LogP contribution in [0.1, 0.15) is 41.2 Å². The van der Waals surface area contributed by atoms with E-state index in [0.717, 1.165) is 19.3 Å². The molecule has 0 amide bonds. The smallest absolute Gasteiger partial charge is 0.361 e. The number of carbonyl (C=O) groups is 1. The normalized spacial score (nSPS) is 16.9. The molecule has 1 saturated carbocycles. The Labute approximate surface area is 73.3 Å². The Hall–Kier alpha value is -1.52. The fourth-order valence-electron chi connectivity index (χ4n) is 1.54. The number of aromatic carboxylic acids is 1. The molecule has 0 spiro atoms. The lowest BCUT2D eigenvalue weighted by molar-refractivity contribution is 0.0683. The van der Waals surface area contributed by atoms with Crippen LogP contribution < -0.4 is 5.63 Å². The highest BCUT2D eigenvalue weighted by atomic mass is 16.5. The average Bonchev–Trinajstić information content (AvgIpc) is 2.30. The van der Waals surface area contributed by atoms with Crippen molar-refractivity contribution in [2.24, 2.45) is 0 Å². The molecule has 0 atom stereocenters. The first-order valence-electron chi connectivity index (χ1n) is 4.15. The molecular formula is C8H9NO4. The highest BCUT2D eigenvalue weighted by Crippen LogP contribution is 2.35. The Morgan fingerprint density at radius 1 is 1.54 bits per heavy atom. The first kappa shape index (κ1) is 8.10. The Kier molecular flexibility index (Phi) is 1.72. The van der Waals surface area contributed by atoms with Crippen molar-refractivity contribution in [3.8, 4) is 0 Å². The minimum Gasteiger partial charge on any atom is -0.476 e. The van der Waals surface area contributed by atoms with Crippen molar-refractivity contribution in [3.63, 3.8) is 0 Å². The number of aromatic nitrogens is 1. The largest absolute Gasteiger partial charge is 0.476 e. The summed E-state index contributed by atoms with van der Waals surface area (Å²) in [5.41, 5.74) is -0.324. The van der Waals surface area contributed by atoms with Crippen molar-refractivity contribution in [1.29, 1.82) is 0 Å². The minimum atomic E-state index is -1.13. The van der Waals surface area contributed by atoms with Crippen LogP contribution in [0.4, 0.5) is 0 Å². The van der Waals surface area contributed by atoms with Gasteiger partial charge in [0.05, 0.1) is 5.56 Å². The van der Waals surface area contributed by atoms with E-state index in [9.17, 15) is 9.59 Å². The summed E-state index contributed by atoms with van der Waals surface area (Å²) >= 11 is 0. The lowest BCUT2D eigenvalue weighted by Crippen LogP contribution is -2.18. The molecule has 70 valence electrons. The second kappa shape index (κ2) is 2.76. The fraction of sp³-hybridized carbons (Fsp3) is 0.500. The quantitative estimate of drug-likeness (QED) is 0.714. The molecule has 0 unspecified atom stereocenters. The Morgan fingerprint density at radius 2 is 2.23 bits per heavy atom. The summed E-state index contributed by atoms with van der Waals surface area (Å²) in [6, 6.07) is 0. The third-order valence-corrected chi connectivity index (χ3v) is 2.46. The van der Waals surface area contributed by atoms with Gasteiger partial charge in [-0.15, -0.1) is 0 Å². The van der Waals surface area contributed by atoms with E-state index in [2.05, 4.69) is 9.68 Å². The molecule has 0 bridgehead atoms. The number of carboxylic acid groups (broad SMARTS) is 1. The summed E-state index contributed by atoms with van der Waals surface area (Å²) in [7, 11) is 0. The third kappa shape index (κ3) is 1.16. The van der Waals surface area contributed by atoms with Crippen LogP contribution in [-0.4, -0.2) is 16.2 Å². The van der Waals surface area contributed by atoms with Crippen LogP contribution in [0.5, 0.6) is 0 Å². The first-order chi connectivity index (χ1) is 6.20. The minimum absolute atomic E-state index is 0.0774. The Bertz CT molecular complexity index is 385. The molecule has 2 N–H and O–H groups in total. The number of hydrogen-bond donors (Lipinski definition) is 2. The van der Waals surface area contributed by atoms with Gasteiger partial charge in [0.25, 0.3) is 0 Å². The van der Waals surface area contributed by atoms with E-state index in [0.29, 0.717) is 5.56 Å². The molecule has 1 aromatic rings. The summed E-state index contributed by atoms with van der Waals surface area (Å²) in [5, 5.41) is 10.9. The summed E-state index contributed by atoms with van der Waals surface area (Å²) in [5.74, 6) is -1.05. The monoisotopic (exact) mass is 183 g/mol. The fourth-order valence-corrected chi connectivity index (χ4v) is 1.54. The van der Waals surface area contributed by atoms with Gasteiger partial charge in [-0.3, -0.25) is 0 Å². The van der Waals surface area contributed by atoms with E-state index in [1.165, 1.54) is 0 Å². The molecule has 0 aromatic carbocycles. The Balaban J connectivity index is 2.45. The van der Waals surface area contributed by atoms with Gasteiger partial charge < -0.3 is 9.63 Å². The molecule has 13 heavy (non-hydrogen) atoms. The van der Waals surface area contributed by atoms with E-state index < -0.39 is 11.6 Å². The number of H-pyrrole nitrogens is 1. The van der Waals surface area contributed by atoms with E-state index in [4.69, 9.17) is 5.11 Å². The van der Waals surface area contributed by atoms with Crippen LogP contribution in [0.15, 0.2) is 9.32 Å². The molecule has 2 rings (SSSR count). The summed E-state index contributed by atoms with van der Waals surface area (Å²) in [6.07, 6.45) is 2.81. The number of aromatic amines is 1. The van der Waals surface area contributed by atoms with E-state index in [-0.39, 0.29) is 11.6 Å². The van der Waals surface area contributed by atoms with Gasteiger partial charge in [0, 0.05) is 0 Å². The van der Waals surface area contributed by atoms with Gasteiger partial charge in [-0.05, 0) is 18.8 Å². The maximum atomic E-state index is 11.1. The first-order valence-corrected chi connectivity index (χ1v) is 4.15. The van der Waals surface area contributed by atoms with Crippen molar-refractivity contribution >= 4 is 5.97 Å². The van der Waals surface area contributed by atoms with Gasteiger partial charge in [-0.1, -0.05) is 6.42 Å². The number of rotatable bonds is 2. The highest BCUT2D eigenvalue weighted by Gasteiger charge is 2.30. The van der Waals surface area contributed by atoms with Crippen LogP contribution in [0.25, 0.3) is 0 Å². The lowest BCUT2D eigenvalue weighted by atomic mass is 9.80. The van der Waals surface area contributed by atoms with Crippen LogP contribution in [0.2, 0.25) is 0 Å². The van der Waals surface area contributed by atoms with Crippen molar-refractivity contribution in [2.45, 2.75) is 25.2 Å². The molecule has 1 aliphatic rings. The van der Waals surface area contributed by atoms with E-state index in [1.807, 2.05) is 0 Å². The molecular weight excluding hydrogens is 174 g/mol. The van der Waals surface area contributed by atoms with Crippen molar-refractivity contribution in [3.05, 3.63) is 21.7 Å². The summed E-state index contributed by atoms with van der Waals surface area (Å²) < 4.78 is 4.45. The van der Waals surface area contributed by atoms with Crippen LogP contribution in [-0.2, 0) is 0 Å². The number of nitrogens with one attached hydrogen (secondary N) is 1. The SMILES string of the molecule is O=C(O)c1[nH]oc(=O)c1C1CCC1. The molecule has 0 saturated heterocycles. The third-order valence-electron chi connectivity index (χ3n) is 2.46. The second-order valence-corrected chi connectivity index (χ2v) is 3.21. The van der Waals surface area contributed by atoms with Gasteiger partial charge in [0.1, 0.15) is 0 Å². The zero-order valence-electron chi connectivity index (χ0n) is 6.87. The predicted octanol–water partition coefficient (Wildman–Crippen LogP) is 0.934. The standard InChI is InChI=1S/C8H9NO4/c10-7(11)6-5(4-2-1-3-4)8(12)13-9-6/h4,9H,1-3H2,(H,10,11). The van der Waals surface area contributed by atoms with Crippen molar-refractivity contribution < 1.29 is 14.4 Å². The van der Waals surface area contributed by atoms with Gasteiger partial charge in [-0.2, -0.15) is 0 Å². The van der Waals surface area contributed by atoms with Crippen LogP contribution in [0, 0.1) is 0 Å². The van der Waals surface area contributed by atoms with Gasteiger partial charge in [0.15, 0.2) is 5.69 Å².